The first-order chi connectivity index (χ1) is 23.1. The zero-order valence-electron chi connectivity index (χ0n) is 25.9. The molecule has 13 heteroatoms. The molecule has 0 aliphatic rings. The molecule has 0 aliphatic carbocycles. The molecule has 2 atom stereocenters. The van der Waals surface area contributed by atoms with Crippen LogP contribution in [0.2, 0.25) is 0 Å². The van der Waals surface area contributed by atoms with Gasteiger partial charge < -0.3 is 15.8 Å². The lowest BCUT2D eigenvalue weighted by Crippen LogP contribution is -2.34. The van der Waals surface area contributed by atoms with Gasteiger partial charge in [-0.15, -0.1) is 0 Å². The van der Waals surface area contributed by atoms with Gasteiger partial charge in [0.1, 0.15) is 5.82 Å². The second-order valence-electron chi connectivity index (χ2n) is 10.9. The number of nitrogens with zero attached hydrogens (tertiary/aromatic N) is 6. The number of aromatic nitrogens is 6. The third-order valence-corrected chi connectivity index (χ3v) is 7.75. The van der Waals surface area contributed by atoms with Gasteiger partial charge in [-0.05, 0) is 55.3 Å². The summed E-state index contributed by atoms with van der Waals surface area (Å²) < 4.78 is 16.4. The van der Waals surface area contributed by atoms with Crippen LogP contribution in [0, 0.1) is 11.8 Å². The molecule has 238 valence electrons. The number of benzene rings is 2. The molecule has 4 heterocycles. The van der Waals surface area contributed by atoms with Gasteiger partial charge in [0.2, 0.25) is 0 Å². The zero-order valence-corrected chi connectivity index (χ0v) is 26.7. The van der Waals surface area contributed by atoms with Gasteiger partial charge in [0.15, 0.2) is 11.5 Å². The summed E-state index contributed by atoms with van der Waals surface area (Å²) in [6.45, 7) is 1.71. The lowest BCUT2D eigenvalue weighted by atomic mass is 10.1. The van der Waals surface area contributed by atoms with Crippen LogP contribution in [0.15, 0.2) is 103 Å². The molecule has 0 spiro atoms. The van der Waals surface area contributed by atoms with Crippen molar-refractivity contribution in [3.63, 3.8) is 0 Å². The van der Waals surface area contributed by atoms with Gasteiger partial charge in [-0.2, -0.15) is 0 Å². The number of nitrogens with one attached hydrogen (secondary N) is 2. The smallest absolute Gasteiger partial charge is 0.274 e. The van der Waals surface area contributed by atoms with Gasteiger partial charge in [-0.3, -0.25) is 24.1 Å². The Balaban J connectivity index is 1.39. The van der Waals surface area contributed by atoms with E-state index >= 15 is 0 Å². The Kier molecular flexibility index (Phi) is 8.65. The minimum absolute atomic E-state index is 0.0932. The summed E-state index contributed by atoms with van der Waals surface area (Å²) >= 11 is 0. The molecule has 2 aromatic carbocycles. The molecule has 2 unspecified atom stereocenters. The maximum Gasteiger partial charge on any atom is 0.274 e. The van der Waals surface area contributed by atoms with E-state index in [4.69, 9.17) is 10.7 Å². The van der Waals surface area contributed by atoms with Crippen molar-refractivity contribution in [1.29, 1.82) is 0 Å². The molecular formula is C35H29N9O3S. The van der Waals surface area contributed by atoms with Crippen molar-refractivity contribution in [3.05, 3.63) is 131 Å². The molecule has 0 radical (unpaired) electrons. The maximum atomic E-state index is 14.3. The average Bonchev–Trinajstić information content (AvgIpc) is 3.07. The minimum atomic E-state index is -2.55. The summed E-state index contributed by atoms with van der Waals surface area (Å²) in [7, 11) is -2.55. The Labute approximate surface area is 276 Å². The predicted octanol–water partition coefficient (Wildman–Crippen LogP) is 3.78. The SMILES string of the molecule is C=S(C)(=O)Nc1cncc(-c2cnc(N)c(C(=O)NC(C)c3nc4cccc(C#Cc5ccncc5)c4c(=O)n3-c3ccccc3)n2)c1. The van der Waals surface area contributed by atoms with Crippen molar-refractivity contribution in [2.75, 3.05) is 16.7 Å². The largest absolute Gasteiger partial charge is 0.382 e. The summed E-state index contributed by atoms with van der Waals surface area (Å²) in [5.74, 6) is 9.36. The number of rotatable bonds is 7. The number of hydrogen-bond acceptors (Lipinski definition) is 9. The van der Waals surface area contributed by atoms with Crippen molar-refractivity contribution in [2.45, 2.75) is 13.0 Å². The van der Waals surface area contributed by atoms with E-state index in [0.29, 0.717) is 39.1 Å². The van der Waals surface area contributed by atoms with Crippen molar-refractivity contribution in [2.24, 2.45) is 0 Å². The summed E-state index contributed by atoms with van der Waals surface area (Å²) in [6, 6.07) is 18.8. The van der Waals surface area contributed by atoms with Gasteiger partial charge in [-0.25, -0.2) is 19.2 Å². The standard InChI is InChI=1S/C35H29N9O3S/c1-22(40-34(45)31-32(36)39-21-29(41-31)25-18-26(20-38-19-25)43-48(2,3)47)33-42-28-11-7-8-24(13-12-23-14-16-37-17-15-23)30(28)35(46)44(33)27-9-5-4-6-10-27/h4-11,14-22H,2H2,1,3H3,(H2,36,39)(H,40,45)(H,43,47). The highest BCUT2D eigenvalue weighted by Crippen LogP contribution is 2.23. The van der Waals surface area contributed by atoms with Crippen LogP contribution in [0.3, 0.4) is 0 Å². The highest BCUT2D eigenvalue weighted by atomic mass is 32.2. The number of para-hydroxylation sites is 1. The summed E-state index contributed by atoms with van der Waals surface area (Å²) in [6.07, 6.45) is 9.21. The zero-order chi connectivity index (χ0) is 33.8. The van der Waals surface area contributed by atoms with Crippen LogP contribution in [-0.2, 0) is 9.71 Å². The number of nitrogen functional groups attached to an aromatic ring is 1. The normalized spacial score (nSPS) is 12.7. The molecular weight excluding hydrogens is 627 g/mol. The van der Waals surface area contributed by atoms with Crippen molar-refractivity contribution < 1.29 is 9.00 Å². The highest BCUT2D eigenvalue weighted by molar-refractivity contribution is 8.00. The van der Waals surface area contributed by atoms with E-state index in [1.54, 1.807) is 67.8 Å². The number of hydrogen-bond donors (Lipinski definition) is 3. The molecule has 6 aromatic rings. The molecule has 6 rings (SSSR count). The Bertz CT molecular complexity index is 2400. The molecule has 0 bridgehead atoms. The second kappa shape index (κ2) is 13.1. The average molecular weight is 656 g/mol. The topological polar surface area (TPSA) is 171 Å². The van der Waals surface area contributed by atoms with Crippen LogP contribution in [0.4, 0.5) is 11.5 Å². The predicted molar refractivity (Wildman–Crippen MR) is 188 cm³/mol. The Morgan fingerprint density at radius 3 is 2.50 bits per heavy atom. The second-order valence-corrected chi connectivity index (χ2v) is 13.1. The minimum Gasteiger partial charge on any atom is -0.382 e. The van der Waals surface area contributed by atoms with Crippen LogP contribution in [-0.4, -0.2) is 51.7 Å². The summed E-state index contributed by atoms with van der Waals surface area (Å²) in [5.41, 5.74) is 9.17. The highest BCUT2D eigenvalue weighted by Gasteiger charge is 2.23. The van der Waals surface area contributed by atoms with Gasteiger partial charge in [0.05, 0.1) is 46.4 Å². The van der Waals surface area contributed by atoms with E-state index in [0.717, 1.165) is 5.56 Å². The Hall–Kier alpha value is -6.39. The van der Waals surface area contributed by atoms with Gasteiger partial charge >= 0.3 is 0 Å². The van der Waals surface area contributed by atoms with E-state index in [-0.39, 0.29) is 22.9 Å². The number of carbonyl (C=O) groups excluding carboxylic acids is 1. The Morgan fingerprint density at radius 2 is 1.75 bits per heavy atom. The number of nitrogens with two attached hydrogens (primary N) is 1. The van der Waals surface area contributed by atoms with Crippen LogP contribution >= 0.6 is 0 Å². The van der Waals surface area contributed by atoms with Crippen LogP contribution in [0.25, 0.3) is 27.8 Å². The van der Waals surface area contributed by atoms with E-state index in [2.05, 4.69) is 47.7 Å². The van der Waals surface area contributed by atoms with Crippen molar-refractivity contribution >= 4 is 43.9 Å². The molecule has 0 fully saturated rings. The van der Waals surface area contributed by atoms with Gasteiger partial charge in [0.25, 0.3) is 11.5 Å². The first kappa shape index (κ1) is 31.6. The molecule has 1 amide bonds. The molecule has 0 aliphatic heterocycles. The van der Waals surface area contributed by atoms with Crippen molar-refractivity contribution in [1.82, 2.24) is 34.8 Å². The number of amides is 1. The van der Waals surface area contributed by atoms with Crippen LogP contribution in [0.5, 0.6) is 0 Å². The quantitative estimate of drug-likeness (QED) is 0.171. The summed E-state index contributed by atoms with van der Waals surface area (Å²) in [4.78, 5) is 49.6. The number of carbonyl (C=O) groups is 1. The lowest BCUT2D eigenvalue weighted by molar-refractivity contribution is 0.0933. The van der Waals surface area contributed by atoms with Gasteiger partial charge in [-0.1, -0.05) is 36.1 Å². The van der Waals surface area contributed by atoms with Gasteiger partial charge in [0, 0.05) is 51.2 Å². The molecule has 4 N–H and O–H groups in total. The van der Waals surface area contributed by atoms with E-state index < -0.39 is 21.7 Å². The lowest BCUT2D eigenvalue weighted by Gasteiger charge is -2.20. The molecule has 0 saturated carbocycles. The maximum absolute atomic E-state index is 14.3. The number of pyridine rings is 2. The van der Waals surface area contributed by atoms with Crippen molar-refractivity contribution in [3.8, 4) is 28.8 Å². The first-order valence-corrected chi connectivity index (χ1v) is 16.7. The molecule has 48 heavy (non-hydrogen) atoms. The van der Waals surface area contributed by atoms with E-state index in [1.807, 2.05) is 18.2 Å². The Morgan fingerprint density at radius 1 is 0.979 bits per heavy atom. The monoisotopic (exact) mass is 655 g/mol. The fraction of sp³-hybridized carbons (Fsp3) is 0.0857. The number of anilines is 2. The van der Waals surface area contributed by atoms with E-state index in [9.17, 15) is 13.8 Å². The van der Waals surface area contributed by atoms with E-state index in [1.165, 1.54) is 29.4 Å². The molecule has 0 saturated heterocycles. The van der Waals surface area contributed by atoms with Crippen LogP contribution in [0.1, 0.15) is 40.4 Å². The third kappa shape index (κ3) is 6.88. The fourth-order valence-corrected chi connectivity index (χ4v) is 5.57. The number of fused-ring (bicyclic) bond motifs is 1. The third-order valence-electron chi connectivity index (χ3n) is 7.08. The fourth-order valence-electron chi connectivity index (χ4n) is 4.96. The summed E-state index contributed by atoms with van der Waals surface area (Å²) in [5, 5.41) is 3.23. The molecule has 4 aromatic heterocycles. The molecule has 12 nitrogen and oxygen atoms in total. The first-order valence-electron chi connectivity index (χ1n) is 14.6. The van der Waals surface area contributed by atoms with Crippen LogP contribution < -0.4 is 21.3 Å².